The number of thioether (sulfide) groups is 1. The molecule has 5 heteroatoms. The van der Waals surface area contributed by atoms with E-state index in [1.54, 1.807) is 11.8 Å². The minimum absolute atomic E-state index is 0.143. The van der Waals surface area contributed by atoms with E-state index in [0.29, 0.717) is 12.3 Å². The van der Waals surface area contributed by atoms with Crippen molar-refractivity contribution in [2.45, 2.75) is 25.7 Å². The molecule has 1 amide bonds. The third kappa shape index (κ3) is 7.63. The van der Waals surface area contributed by atoms with Crippen LogP contribution in [0.5, 0.6) is 0 Å². The highest BCUT2D eigenvalue weighted by Gasteiger charge is 2.10. The van der Waals surface area contributed by atoms with Gasteiger partial charge in [-0.2, -0.15) is 11.8 Å². The molecule has 4 nitrogen and oxygen atoms in total. The molecular formula is C12H25N3OS. The van der Waals surface area contributed by atoms with Crippen molar-refractivity contribution in [3.05, 3.63) is 0 Å². The summed E-state index contributed by atoms with van der Waals surface area (Å²) in [6.07, 6.45) is 4.99. The average molecular weight is 259 g/mol. The van der Waals surface area contributed by atoms with Crippen molar-refractivity contribution in [1.29, 1.82) is 0 Å². The zero-order chi connectivity index (χ0) is 12.3. The number of nitrogens with one attached hydrogen (secondary N) is 1. The Morgan fingerprint density at radius 1 is 1.29 bits per heavy atom. The number of nitrogens with zero attached hydrogens (tertiary/aromatic N) is 1. The minimum atomic E-state index is 0.143. The molecule has 1 aliphatic heterocycles. The molecule has 1 rings (SSSR count). The Bertz CT molecular complexity index is 208. The smallest absolute Gasteiger partial charge is 0.229 e. The summed E-state index contributed by atoms with van der Waals surface area (Å²) in [6, 6.07) is 0. The van der Waals surface area contributed by atoms with Crippen molar-refractivity contribution >= 4 is 17.7 Å². The molecule has 0 aromatic heterocycles. The lowest BCUT2D eigenvalue weighted by molar-refractivity contribution is -0.118. The van der Waals surface area contributed by atoms with Gasteiger partial charge in [0.05, 0.1) is 5.75 Å². The van der Waals surface area contributed by atoms with Crippen LogP contribution in [0.3, 0.4) is 0 Å². The number of rotatable bonds is 9. The molecule has 0 aromatic rings. The Hall–Kier alpha value is -0.260. The fourth-order valence-electron chi connectivity index (χ4n) is 1.99. The SMILES string of the molecule is NCCSCC(=O)NCCCCN1CCCC1. The van der Waals surface area contributed by atoms with Crippen molar-refractivity contribution in [3.8, 4) is 0 Å². The maximum atomic E-state index is 11.4. The molecule has 1 saturated heterocycles. The van der Waals surface area contributed by atoms with Gasteiger partial charge in [-0.25, -0.2) is 0 Å². The van der Waals surface area contributed by atoms with Gasteiger partial charge >= 0.3 is 0 Å². The summed E-state index contributed by atoms with van der Waals surface area (Å²) in [5, 5.41) is 2.95. The van der Waals surface area contributed by atoms with Gasteiger partial charge in [-0.3, -0.25) is 4.79 Å². The van der Waals surface area contributed by atoms with Crippen LogP contribution in [0, 0.1) is 0 Å². The first-order valence-corrected chi connectivity index (χ1v) is 7.75. The Kier molecular flexibility index (Phi) is 8.48. The zero-order valence-electron chi connectivity index (χ0n) is 10.6. The lowest BCUT2D eigenvalue weighted by atomic mass is 10.3. The number of hydrogen-bond acceptors (Lipinski definition) is 4. The zero-order valence-corrected chi connectivity index (χ0v) is 11.4. The van der Waals surface area contributed by atoms with Crippen molar-refractivity contribution in [2.75, 3.05) is 44.2 Å². The second-order valence-electron chi connectivity index (χ2n) is 4.45. The molecule has 0 aromatic carbocycles. The molecule has 1 heterocycles. The third-order valence-electron chi connectivity index (χ3n) is 2.92. The van der Waals surface area contributed by atoms with E-state index < -0.39 is 0 Å². The Labute approximate surface area is 109 Å². The van der Waals surface area contributed by atoms with Gasteiger partial charge in [-0.15, -0.1) is 0 Å². The van der Waals surface area contributed by atoms with Crippen molar-refractivity contribution in [2.24, 2.45) is 5.73 Å². The van der Waals surface area contributed by atoms with Crippen LogP contribution >= 0.6 is 11.8 Å². The summed E-state index contributed by atoms with van der Waals surface area (Å²) in [7, 11) is 0. The van der Waals surface area contributed by atoms with Gasteiger partial charge in [0.25, 0.3) is 0 Å². The Morgan fingerprint density at radius 2 is 2.06 bits per heavy atom. The molecule has 1 aliphatic rings. The largest absolute Gasteiger partial charge is 0.355 e. The van der Waals surface area contributed by atoms with E-state index in [1.807, 2.05) is 0 Å². The molecule has 1 fully saturated rings. The molecular weight excluding hydrogens is 234 g/mol. The average Bonchev–Trinajstić information content (AvgIpc) is 2.82. The second-order valence-corrected chi connectivity index (χ2v) is 5.55. The number of unbranched alkanes of at least 4 members (excludes halogenated alkanes) is 1. The van der Waals surface area contributed by atoms with Crippen LogP contribution in [0.15, 0.2) is 0 Å². The van der Waals surface area contributed by atoms with Crippen LogP contribution in [0.1, 0.15) is 25.7 Å². The van der Waals surface area contributed by atoms with E-state index in [0.717, 1.165) is 18.7 Å². The Morgan fingerprint density at radius 3 is 2.76 bits per heavy atom. The molecule has 0 atom stereocenters. The predicted octanol–water partition coefficient (Wildman–Crippen LogP) is 0.670. The summed E-state index contributed by atoms with van der Waals surface area (Å²) in [6.45, 7) is 5.19. The number of carbonyl (C=O) groups excluding carboxylic acids is 1. The van der Waals surface area contributed by atoms with Crippen LogP contribution in [-0.4, -0.2) is 55.0 Å². The lowest BCUT2D eigenvalue weighted by Crippen LogP contribution is -2.27. The highest BCUT2D eigenvalue weighted by atomic mass is 32.2. The standard InChI is InChI=1S/C12H25N3OS/c13-5-10-17-11-12(16)14-6-1-2-7-15-8-3-4-9-15/h1-11,13H2,(H,14,16). The number of likely N-dealkylation sites (tertiary alicyclic amines) is 1. The maximum Gasteiger partial charge on any atom is 0.229 e. The van der Waals surface area contributed by atoms with Crippen LogP contribution in [0.25, 0.3) is 0 Å². The number of amides is 1. The van der Waals surface area contributed by atoms with E-state index in [9.17, 15) is 4.79 Å². The Balaban J connectivity index is 1.84. The normalized spacial score (nSPS) is 16.3. The highest BCUT2D eigenvalue weighted by molar-refractivity contribution is 7.99. The van der Waals surface area contributed by atoms with Gasteiger partial charge < -0.3 is 16.0 Å². The maximum absolute atomic E-state index is 11.4. The summed E-state index contributed by atoms with van der Waals surface area (Å²) in [4.78, 5) is 13.9. The van der Waals surface area contributed by atoms with Gasteiger partial charge in [0.2, 0.25) is 5.91 Å². The van der Waals surface area contributed by atoms with Gasteiger partial charge in [-0.05, 0) is 45.3 Å². The fourth-order valence-corrected chi connectivity index (χ4v) is 2.59. The first kappa shape index (κ1) is 14.8. The molecule has 0 spiro atoms. The van der Waals surface area contributed by atoms with Crippen molar-refractivity contribution < 1.29 is 4.79 Å². The molecule has 17 heavy (non-hydrogen) atoms. The van der Waals surface area contributed by atoms with Gasteiger partial charge in [0.15, 0.2) is 0 Å². The lowest BCUT2D eigenvalue weighted by Gasteiger charge is -2.13. The van der Waals surface area contributed by atoms with Crippen LogP contribution in [-0.2, 0) is 4.79 Å². The quantitative estimate of drug-likeness (QED) is 0.598. The minimum Gasteiger partial charge on any atom is -0.355 e. The number of hydrogen-bond donors (Lipinski definition) is 2. The van der Waals surface area contributed by atoms with Gasteiger partial charge in [-0.1, -0.05) is 0 Å². The highest BCUT2D eigenvalue weighted by Crippen LogP contribution is 2.07. The number of nitrogens with two attached hydrogens (primary N) is 1. The van der Waals surface area contributed by atoms with Crippen molar-refractivity contribution in [3.63, 3.8) is 0 Å². The first-order valence-electron chi connectivity index (χ1n) is 6.60. The third-order valence-corrected chi connectivity index (χ3v) is 3.91. The molecule has 0 aliphatic carbocycles. The van der Waals surface area contributed by atoms with Crippen molar-refractivity contribution in [1.82, 2.24) is 10.2 Å². The fraction of sp³-hybridized carbons (Fsp3) is 0.917. The predicted molar refractivity (Wildman–Crippen MR) is 74.3 cm³/mol. The van der Waals surface area contributed by atoms with Gasteiger partial charge in [0.1, 0.15) is 0 Å². The molecule has 0 radical (unpaired) electrons. The van der Waals surface area contributed by atoms with E-state index in [1.165, 1.54) is 38.9 Å². The topological polar surface area (TPSA) is 58.4 Å². The molecule has 0 saturated carbocycles. The summed E-state index contributed by atoms with van der Waals surface area (Å²) in [5.74, 6) is 1.55. The molecule has 0 unspecified atom stereocenters. The molecule has 100 valence electrons. The summed E-state index contributed by atoms with van der Waals surface area (Å²) in [5.41, 5.74) is 5.36. The second kappa shape index (κ2) is 9.74. The van der Waals surface area contributed by atoms with Crippen LogP contribution < -0.4 is 11.1 Å². The van der Waals surface area contributed by atoms with Crippen LogP contribution in [0.2, 0.25) is 0 Å². The number of carbonyl (C=O) groups is 1. The van der Waals surface area contributed by atoms with E-state index in [4.69, 9.17) is 5.73 Å². The van der Waals surface area contributed by atoms with E-state index in [-0.39, 0.29) is 5.91 Å². The molecule has 0 bridgehead atoms. The summed E-state index contributed by atoms with van der Waals surface area (Å²) >= 11 is 1.60. The van der Waals surface area contributed by atoms with E-state index in [2.05, 4.69) is 10.2 Å². The van der Waals surface area contributed by atoms with Gasteiger partial charge in [0, 0.05) is 18.8 Å². The summed E-state index contributed by atoms with van der Waals surface area (Å²) < 4.78 is 0. The monoisotopic (exact) mass is 259 g/mol. The van der Waals surface area contributed by atoms with Crippen LogP contribution in [0.4, 0.5) is 0 Å². The molecule has 3 N–H and O–H groups in total. The van der Waals surface area contributed by atoms with E-state index >= 15 is 0 Å². The first-order chi connectivity index (χ1) is 8.33.